The third-order valence-electron chi connectivity index (χ3n) is 11.5. The maximum absolute atomic E-state index is 2.44. The Hall–Kier alpha value is -6.29. The van der Waals surface area contributed by atoms with E-state index >= 15 is 0 Å². The summed E-state index contributed by atoms with van der Waals surface area (Å²) in [6.45, 7) is 0. The van der Waals surface area contributed by atoms with Gasteiger partial charge in [-0.05, 0) is 62.0 Å². The summed E-state index contributed by atoms with van der Waals surface area (Å²) in [5.41, 5.74) is 16.3. The van der Waals surface area contributed by atoms with Crippen molar-refractivity contribution in [3.05, 3.63) is 218 Å². The van der Waals surface area contributed by atoms with Gasteiger partial charge in [0.1, 0.15) is 0 Å². The Kier molecular flexibility index (Phi) is 9.69. The van der Waals surface area contributed by atoms with Crippen LogP contribution in [0.1, 0.15) is 5.56 Å². The van der Waals surface area contributed by atoms with E-state index in [0.29, 0.717) is 0 Å². The molecule has 0 bridgehead atoms. The Morgan fingerprint density at radius 3 is 1.19 bits per heavy atom. The van der Waals surface area contributed by atoms with Crippen molar-refractivity contribution in [3.8, 4) is 66.8 Å². The zero-order valence-electron chi connectivity index (χ0n) is 32.8. The van der Waals surface area contributed by atoms with Gasteiger partial charge in [-0.15, -0.1) is 0 Å². The van der Waals surface area contributed by atoms with Crippen molar-refractivity contribution in [1.82, 2.24) is 0 Å². The average Bonchev–Trinajstić information content (AvgIpc) is 3.28. The molecule has 0 amide bonds. The molecule has 0 aliphatic heterocycles. The van der Waals surface area contributed by atoms with Gasteiger partial charge in [-0.2, -0.15) is 0 Å². The fourth-order valence-corrected chi connectivity index (χ4v) is 11.0. The van der Waals surface area contributed by atoms with Crippen molar-refractivity contribution in [2.45, 2.75) is 4.43 Å². The van der Waals surface area contributed by atoms with Gasteiger partial charge in [0.2, 0.25) is 0 Å². The van der Waals surface area contributed by atoms with Crippen molar-refractivity contribution in [2.24, 2.45) is 0 Å². The molecule has 58 heavy (non-hydrogen) atoms. The summed E-state index contributed by atoms with van der Waals surface area (Å²) < 4.78 is 1.24. The zero-order chi connectivity index (χ0) is 39.0. The average molecular weight is 855 g/mol. The van der Waals surface area contributed by atoms with Crippen LogP contribution in [-0.2, 0) is 4.43 Å². The van der Waals surface area contributed by atoms with Gasteiger partial charge < -0.3 is 0 Å². The maximum atomic E-state index is 2.44. The van der Waals surface area contributed by atoms with Crippen molar-refractivity contribution in [1.29, 1.82) is 0 Å². The molecule has 0 atom stereocenters. The van der Waals surface area contributed by atoms with Crippen LogP contribution >= 0.6 is 19.8 Å². The van der Waals surface area contributed by atoms with Crippen molar-refractivity contribution < 1.29 is 0 Å². The van der Waals surface area contributed by atoms with E-state index in [9.17, 15) is 0 Å². The van der Waals surface area contributed by atoms with Gasteiger partial charge in [-0.3, -0.25) is 0 Å². The second-order valence-electron chi connectivity index (χ2n) is 15.4. The predicted octanol–water partition coefficient (Wildman–Crippen LogP) is 16.4. The third kappa shape index (κ3) is 6.90. The number of fused-ring (bicyclic) bond motifs is 3. The first-order chi connectivity index (χ1) is 28.6. The van der Waals surface area contributed by atoms with Gasteiger partial charge in [-0.25, -0.2) is 0 Å². The summed E-state index contributed by atoms with van der Waals surface area (Å²) in [4.78, 5) is 4.89. The molecule has 0 saturated heterocycles. The second kappa shape index (κ2) is 15.6. The molecule has 10 aromatic rings. The van der Waals surface area contributed by atoms with E-state index < -0.39 is 19.8 Å². The molecule has 1 heteroatoms. The first-order valence-corrected chi connectivity index (χ1v) is 25.8. The van der Waals surface area contributed by atoms with E-state index in [1.54, 1.807) is 0 Å². The Morgan fingerprint density at radius 1 is 0.293 bits per heavy atom. The third-order valence-corrected chi connectivity index (χ3v) is 13.9. The molecule has 10 rings (SSSR count). The first-order valence-electron chi connectivity index (χ1n) is 20.0. The molecule has 0 unspecified atom stereocenters. The first kappa shape index (κ1) is 36.1. The summed E-state index contributed by atoms with van der Waals surface area (Å²) in [6, 6.07) is 78.7. The second-order valence-corrected chi connectivity index (χ2v) is 21.4. The molecule has 0 aliphatic carbocycles. The predicted molar refractivity (Wildman–Crippen MR) is 261 cm³/mol. The van der Waals surface area contributed by atoms with E-state index in [2.05, 4.69) is 222 Å². The number of hydrogen-bond acceptors (Lipinski definition) is 0. The molecular weight excluding hydrogens is 812 g/mol. The van der Waals surface area contributed by atoms with Crippen LogP contribution in [0.3, 0.4) is 0 Å². The van der Waals surface area contributed by atoms with Crippen LogP contribution in [0.15, 0.2) is 212 Å². The molecule has 10 aromatic carbocycles. The van der Waals surface area contributed by atoms with Crippen LogP contribution < -0.4 is 0 Å². The number of halogens is 1. The SMILES string of the molecule is CI(C)Cc1ccc(-c2c3ccccc3c(-c3ccc4cc(-c5ccccc5)cc(-c5ccc(-c6ccc(-c7ccccc7)cc6)cc5)c4c3)c3ccccc23)cc1. The molecule has 0 aliphatic rings. The Balaban J connectivity index is 1.12. The van der Waals surface area contributed by atoms with Gasteiger partial charge in [-0.1, -0.05) is 109 Å². The molecule has 0 radical (unpaired) electrons. The summed E-state index contributed by atoms with van der Waals surface area (Å²) >= 11 is -0.866. The van der Waals surface area contributed by atoms with E-state index in [4.69, 9.17) is 0 Å². The number of benzene rings is 10. The Morgan fingerprint density at radius 2 is 0.690 bits per heavy atom. The molecule has 278 valence electrons. The summed E-state index contributed by atoms with van der Waals surface area (Å²) in [6.07, 6.45) is 0. The van der Waals surface area contributed by atoms with Crippen LogP contribution in [0.2, 0.25) is 0 Å². The van der Waals surface area contributed by atoms with E-state index in [0.717, 1.165) is 0 Å². The molecule has 0 fully saturated rings. The minimum atomic E-state index is -0.866. The van der Waals surface area contributed by atoms with Gasteiger partial charge in [0.25, 0.3) is 0 Å². The van der Waals surface area contributed by atoms with Crippen LogP contribution in [0.4, 0.5) is 0 Å². The molecule has 0 N–H and O–H groups in total. The number of alkyl halides is 3. The van der Waals surface area contributed by atoms with Gasteiger partial charge in [0.15, 0.2) is 0 Å². The minimum absolute atomic E-state index is 0.866. The molecule has 0 saturated carbocycles. The number of hydrogen-bond donors (Lipinski definition) is 0. The van der Waals surface area contributed by atoms with Gasteiger partial charge in [0, 0.05) is 0 Å². The van der Waals surface area contributed by atoms with Crippen molar-refractivity contribution in [3.63, 3.8) is 0 Å². The summed E-state index contributed by atoms with van der Waals surface area (Å²) in [7, 11) is 0. The quantitative estimate of drug-likeness (QED) is 0.0811. The van der Waals surface area contributed by atoms with Gasteiger partial charge in [0.05, 0.1) is 0 Å². The summed E-state index contributed by atoms with van der Waals surface area (Å²) in [5, 5.41) is 7.61. The van der Waals surface area contributed by atoms with Crippen LogP contribution in [0.5, 0.6) is 0 Å². The standard InChI is InChI=1S/C57H43I/c1-58(2)38-39-21-23-46(24-22-39)56-50-17-9-11-19-52(50)57(53-20-12-10-18-51(53)56)48-34-33-47-35-49(41-15-7-4-8-16-41)37-54(55(47)36-48)45-31-29-44(30-32-45)43-27-25-42(26-28-43)40-13-5-3-6-14-40/h3-37H,38H2,1-2H3. The van der Waals surface area contributed by atoms with Crippen molar-refractivity contribution >= 4 is 52.1 Å². The van der Waals surface area contributed by atoms with Crippen LogP contribution in [0, 0.1) is 0 Å². The normalized spacial score (nSPS) is 11.7. The molecule has 0 aromatic heterocycles. The van der Waals surface area contributed by atoms with E-state index in [1.807, 2.05) is 0 Å². The number of rotatable bonds is 8. The fraction of sp³-hybridized carbons (Fsp3) is 0.0526. The topological polar surface area (TPSA) is 0 Å². The molecule has 0 nitrogen and oxygen atoms in total. The Bertz CT molecular complexity index is 2990. The van der Waals surface area contributed by atoms with Crippen LogP contribution in [0.25, 0.3) is 99.1 Å². The zero-order valence-corrected chi connectivity index (χ0v) is 34.9. The monoisotopic (exact) mass is 854 g/mol. The molecule has 0 spiro atoms. The van der Waals surface area contributed by atoms with Crippen molar-refractivity contribution in [2.75, 3.05) is 9.86 Å². The Labute approximate surface area is 348 Å². The van der Waals surface area contributed by atoms with Crippen LogP contribution in [-0.4, -0.2) is 9.86 Å². The summed E-state index contributed by atoms with van der Waals surface area (Å²) in [5.74, 6) is 0. The molecule has 0 heterocycles. The van der Waals surface area contributed by atoms with E-state index in [1.165, 1.54) is 109 Å². The fourth-order valence-electron chi connectivity index (χ4n) is 8.70. The van der Waals surface area contributed by atoms with Gasteiger partial charge >= 0.3 is 180 Å². The molecular formula is C57H43I. The van der Waals surface area contributed by atoms with E-state index in [-0.39, 0.29) is 0 Å².